The number of hydrogen-bond acceptors (Lipinski definition) is 3. The van der Waals surface area contributed by atoms with E-state index >= 15 is 0 Å². The molecule has 4 nitrogen and oxygen atoms in total. The highest BCUT2D eigenvalue weighted by atomic mass is 16.5. The van der Waals surface area contributed by atoms with Gasteiger partial charge in [-0.25, -0.2) is 0 Å². The molecule has 4 aliphatic rings. The van der Waals surface area contributed by atoms with Crippen molar-refractivity contribution < 1.29 is 14.9 Å². The maximum absolute atomic E-state index is 10.9. The van der Waals surface area contributed by atoms with Crippen LogP contribution in [-0.2, 0) is 16.6 Å². The Morgan fingerprint density at radius 2 is 1.90 bits per heavy atom. The number of benzene rings is 1. The van der Waals surface area contributed by atoms with Gasteiger partial charge in [-0.15, -0.1) is 0 Å². The van der Waals surface area contributed by atoms with Gasteiger partial charge < -0.3 is 19.9 Å². The van der Waals surface area contributed by atoms with Gasteiger partial charge in [0.15, 0.2) is 0 Å². The van der Waals surface area contributed by atoms with Gasteiger partial charge in [-0.3, -0.25) is 0 Å². The summed E-state index contributed by atoms with van der Waals surface area (Å²) in [6, 6.07) is 8.75. The molecule has 3 aliphatic carbocycles. The Kier molecular flexibility index (Phi) is 4.03. The van der Waals surface area contributed by atoms with E-state index in [1.807, 2.05) is 6.08 Å². The molecule has 31 heavy (non-hydrogen) atoms. The van der Waals surface area contributed by atoms with E-state index in [1.165, 1.54) is 40.6 Å². The maximum atomic E-state index is 10.9. The Morgan fingerprint density at radius 3 is 2.68 bits per heavy atom. The van der Waals surface area contributed by atoms with Crippen LogP contribution in [0.2, 0.25) is 0 Å². The molecule has 0 amide bonds. The number of aliphatic hydroxyl groups is 2. The van der Waals surface area contributed by atoms with Gasteiger partial charge in [0.05, 0.1) is 11.7 Å². The van der Waals surface area contributed by atoms with Crippen molar-refractivity contribution >= 4 is 10.9 Å². The minimum absolute atomic E-state index is 0.0154. The molecule has 0 spiro atoms. The molecule has 1 aliphatic heterocycles. The van der Waals surface area contributed by atoms with Gasteiger partial charge in [-0.05, 0) is 80.4 Å². The van der Waals surface area contributed by atoms with Crippen molar-refractivity contribution in [1.29, 1.82) is 0 Å². The zero-order valence-electron chi connectivity index (χ0n) is 19.1. The Morgan fingerprint density at radius 1 is 1.13 bits per heavy atom. The van der Waals surface area contributed by atoms with Crippen molar-refractivity contribution in [3.8, 4) is 0 Å². The Balaban J connectivity index is 1.45. The molecule has 4 heteroatoms. The van der Waals surface area contributed by atoms with Gasteiger partial charge in [0.25, 0.3) is 0 Å². The summed E-state index contributed by atoms with van der Waals surface area (Å²) in [4.78, 5) is 3.85. The number of nitrogens with one attached hydrogen (secondary N) is 1. The highest BCUT2D eigenvalue weighted by Gasteiger charge is 2.64. The first kappa shape index (κ1) is 20.0. The van der Waals surface area contributed by atoms with Gasteiger partial charge in [-0.1, -0.05) is 38.1 Å². The summed E-state index contributed by atoms with van der Waals surface area (Å²) in [7, 11) is 0. The third-order valence-corrected chi connectivity index (χ3v) is 9.74. The number of hydrogen-bond donors (Lipinski definition) is 3. The third-order valence-electron chi connectivity index (χ3n) is 9.74. The molecule has 166 valence electrons. The summed E-state index contributed by atoms with van der Waals surface area (Å²) < 4.78 is 6.35. The van der Waals surface area contributed by atoms with E-state index in [9.17, 15) is 10.2 Å². The van der Waals surface area contributed by atoms with Crippen molar-refractivity contribution in [3.05, 3.63) is 47.2 Å². The summed E-state index contributed by atoms with van der Waals surface area (Å²) in [6.07, 6.45) is 6.33. The van der Waals surface area contributed by atoms with Gasteiger partial charge in [0.1, 0.15) is 12.2 Å². The van der Waals surface area contributed by atoms with Crippen LogP contribution in [0.15, 0.2) is 35.9 Å². The van der Waals surface area contributed by atoms with E-state index in [-0.39, 0.29) is 16.9 Å². The van der Waals surface area contributed by atoms with Crippen LogP contribution in [0.3, 0.4) is 0 Å². The molecule has 2 fully saturated rings. The van der Waals surface area contributed by atoms with E-state index in [0.717, 1.165) is 19.3 Å². The van der Waals surface area contributed by atoms with Crippen LogP contribution in [0.1, 0.15) is 64.6 Å². The number of para-hydroxylation sites is 1. The Bertz CT molecular complexity index is 1080. The van der Waals surface area contributed by atoms with Gasteiger partial charge in [-0.2, -0.15) is 0 Å². The quantitative estimate of drug-likeness (QED) is 0.588. The molecule has 0 bridgehead atoms. The average Bonchev–Trinajstić information content (AvgIpc) is 3.22. The number of aliphatic hydroxyl groups excluding tert-OH is 1. The molecular formula is C27H35NO3. The SMILES string of the molecule is CC(C)(O)[C@@H]1O[C@H]2CC[C@@]3(C)[C@@H](CC[C@H]4Cc5c([nH]c6ccccc56)[C@@]43C)C2=C[C@H]1O. The predicted molar refractivity (Wildman–Crippen MR) is 122 cm³/mol. The largest absolute Gasteiger partial charge is 0.388 e. The van der Waals surface area contributed by atoms with E-state index in [2.05, 4.69) is 43.1 Å². The first-order chi connectivity index (χ1) is 14.6. The second kappa shape index (κ2) is 6.24. The standard InChI is InChI=1S/C27H35NO3/c1-25(2,30)24-21(29)14-18-19-10-9-15-13-17-16-7-5-6-8-20(16)28-23(17)27(15,4)26(19,3)12-11-22(18)31-24/h5-8,14-15,19,21-22,24,28-30H,9-13H2,1-4H3/t15-,19-,21+,22-,24+,26-,27+/m0/s1. The van der Waals surface area contributed by atoms with E-state index in [4.69, 9.17) is 4.74 Å². The highest BCUT2D eigenvalue weighted by Crippen LogP contribution is 2.67. The summed E-state index contributed by atoms with van der Waals surface area (Å²) in [5.74, 6) is 1.07. The Labute approximate surface area is 184 Å². The molecule has 7 atom stereocenters. The van der Waals surface area contributed by atoms with Gasteiger partial charge in [0, 0.05) is 22.0 Å². The molecule has 0 radical (unpaired) electrons. The minimum atomic E-state index is -1.06. The predicted octanol–water partition coefficient (Wildman–Crippen LogP) is 4.63. The molecule has 2 heterocycles. The second-order valence-corrected chi connectivity index (χ2v) is 11.6. The zero-order chi connectivity index (χ0) is 21.8. The molecular weight excluding hydrogens is 386 g/mol. The molecule has 3 N–H and O–H groups in total. The second-order valence-electron chi connectivity index (χ2n) is 11.6. The Hall–Kier alpha value is -1.62. The fourth-order valence-electron chi connectivity index (χ4n) is 7.99. The summed E-state index contributed by atoms with van der Waals surface area (Å²) in [6.45, 7) is 8.46. The molecule has 1 aromatic heterocycles. The zero-order valence-corrected chi connectivity index (χ0v) is 19.1. The summed E-state index contributed by atoms with van der Waals surface area (Å²) in [5.41, 5.74) is 4.68. The lowest BCUT2D eigenvalue weighted by atomic mass is 9.44. The van der Waals surface area contributed by atoms with Gasteiger partial charge >= 0.3 is 0 Å². The fraction of sp³-hybridized carbons (Fsp3) is 0.630. The van der Waals surface area contributed by atoms with Crippen LogP contribution < -0.4 is 0 Å². The molecule has 2 aromatic rings. The number of aromatic amines is 1. The normalized spacial score (nSPS) is 41.9. The lowest BCUT2D eigenvalue weighted by Gasteiger charge is -2.61. The maximum Gasteiger partial charge on any atom is 0.116 e. The number of ether oxygens (including phenoxy) is 1. The van der Waals surface area contributed by atoms with Crippen LogP contribution in [0.4, 0.5) is 0 Å². The third kappa shape index (κ3) is 2.47. The van der Waals surface area contributed by atoms with Crippen LogP contribution in [0, 0.1) is 17.3 Å². The van der Waals surface area contributed by atoms with E-state index < -0.39 is 17.8 Å². The number of aromatic nitrogens is 1. The fourth-order valence-corrected chi connectivity index (χ4v) is 7.99. The van der Waals surface area contributed by atoms with Crippen molar-refractivity contribution in [2.75, 3.05) is 0 Å². The number of fused-ring (bicyclic) bond motifs is 9. The van der Waals surface area contributed by atoms with Crippen molar-refractivity contribution in [2.24, 2.45) is 17.3 Å². The highest BCUT2D eigenvalue weighted by molar-refractivity contribution is 5.86. The van der Waals surface area contributed by atoms with Crippen LogP contribution in [0.25, 0.3) is 10.9 Å². The summed E-state index contributed by atoms with van der Waals surface area (Å²) in [5, 5.41) is 22.8. The van der Waals surface area contributed by atoms with Crippen LogP contribution >= 0.6 is 0 Å². The first-order valence-corrected chi connectivity index (χ1v) is 12.0. The van der Waals surface area contributed by atoms with E-state index in [0.29, 0.717) is 11.8 Å². The molecule has 1 aromatic carbocycles. The van der Waals surface area contributed by atoms with Crippen molar-refractivity contribution in [3.63, 3.8) is 0 Å². The molecule has 2 saturated carbocycles. The van der Waals surface area contributed by atoms with Crippen LogP contribution in [-0.4, -0.2) is 39.1 Å². The molecule has 6 rings (SSSR count). The van der Waals surface area contributed by atoms with Crippen molar-refractivity contribution in [1.82, 2.24) is 4.98 Å². The molecule has 0 unspecified atom stereocenters. The van der Waals surface area contributed by atoms with Crippen LogP contribution in [0.5, 0.6) is 0 Å². The lowest BCUT2D eigenvalue weighted by molar-refractivity contribution is -0.171. The smallest absolute Gasteiger partial charge is 0.116 e. The topological polar surface area (TPSA) is 65.5 Å². The van der Waals surface area contributed by atoms with E-state index in [1.54, 1.807) is 13.8 Å². The first-order valence-electron chi connectivity index (χ1n) is 12.0. The lowest BCUT2D eigenvalue weighted by Crippen LogP contribution is -2.59. The van der Waals surface area contributed by atoms with Crippen molar-refractivity contribution in [2.45, 2.75) is 89.1 Å². The molecule has 0 saturated heterocycles. The number of rotatable bonds is 1. The monoisotopic (exact) mass is 421 g/mol. The number of H-pyrrole nitrogens is 1. The van der Waals surface area contributed by atoms with Gasteiger partial charge in [0.2, 0.25) is 0 Å². The minimum Gasteiger partial charge on any atom is -0.388 e. The average molecular weight is 422 g/mol. The summed E-state index contributed by atoms with van der Waals surface area (Å²) >= 11 is 0.